The van der Waals surface area contributed by atoms with Gasteiger partial charge in [-0.3, -0.25) is 4.79 Å². The Bertz CT molecular complexity index is 618. The highest BCUT2D eigenvalue weighted by atomic mass is 33.1. The van der Waals surface area contributed by atoms with E-state index in [1.165, 1.54) is 17.7 Å². The van der Waals surface area contributed by atoms with E-state index in [2.05, 4.69) is 10.3 Å². The molecule has 0 fully saturated rings. The summed E-state index contributed by atoms with van der Waals surface area (Å²) in [5, 5.41) is 12.0. The van der Waals surface area contributed by atoms with Crippen LogP contribution in [0, 0.1) is 0 Å². The highest BCUT2D eigenvalue weighted by Crippen LogP contribution is 2.38. The zero-order valence-electron chi connectivity index (χ0n) is 13.9. The number of benzene rings is 1. The number of amides is 1. The van der Waals surface area contributed by atoms with Crippen LogP contribution >= 0.6 is 21.6 Å². The zero-order chi connectivity index (χ0) is 18.3. The lowest BCUT2D eigenvalue weighted by molar-refractivity contribution is -0.142. The number of carbonyl (C=O) groups excluding carboxylic acids is 1. The van der Waals surface area contributed by atoms with E-state index in [0.29, 0.717) is 5.69 Å². The Morgan fingerprint density at radius 3 is 2.38 bits per heavy atom. The zero-order valence-corrected chi connectivity index (χ0v) is 15.5. The van der Waals surface area contributed by atoms with Crippen molar-refractivity contribution in [1.29, 1.82) is 0 Å². The van der Waals surface area contributed by atoms with Gasteiger partial charge >= 0.3 is 5.97 Å². The monoisotopic (exact) mass is 371 g/mol. The van der Waals surface area contributed by atoms with Crippen LogP contribution < -0.4 is 15.8 Å². The third-order valence-corrected chi connectivity index (χ3v) is 6.00. The van der Waals surface area contributed by atoms with Crippen LogP contribution in [0.3, 0.4) is 0 Å². The van der Waals surface area contributed by atoms with Crippen LogP contribution in [-0.4, -0.2) is 40.0 Å². The van der Waals surface area contributed by atoms with Crippen molar-refractivity contribution in [2.45, 2.75) is 31.6 Å². The Kier molecular flexibility index (Phi) is 7.43. The smallest absolute Gasteiger partial charge is 0.327 e. The standard InChI is InChI=1S/C15H21N3O4S2/c1-9(19)17-12(13(20)21)15(2,3)24-23-14(16)18-10-5-7-11(22-4)8-6-10/h5-8,12H,1-4H3,(H2,16,18)(H,17,19)(H,20,21)/t12-/m1/s1. The van der Waals surface area contributed by atoms with Crippen LogP contribution in [-0.2, 0) is 9.59 Å². The molecule has 9 heteroatoms. The molecule has 1 rings (SSSR count). The molecule has 0 heterocycles. The number of ether oxygens (including phenoxy) is 1. The molecular formula is C15H21N3O4S2. The van der Waals surface area contributed by atoms with Crippen molar-refractivity contribution < 1.29 is 19.4 Å². The Labute approximate surface area is 148 Å². The molecule has 0 unspecified atom stereocenters. The SMILES string of the molecule is COc1ccc(N=C(N)SSC(C)(C)[C@H](NC(C)=O)C(=O)O)cc1. The molecule has 0 saturated heterocycles. The molecule has 0 spiro atoms. The van der Waals surface area contributed by atoms with E-state index in [1.54, 1.807) is 45.2 Å². The minimum atomic E-state index is -1.10. The van der Waals surface area contributed by atoms with Crippen molar-refractivity contribution in [2.24, 2.45) is 10.7 Å². The summed E-state index contributed by atoms with van der Waals surface area (Å²) in [7, 11) is 3.97. The van der Waals surface area contributed by atoms with Gasteiger partial charge in [-0.2, -0.15) is 0 Å². The van der Waals surface area contributed by atoms with E-state index in [4.69, 9.17) is 10.5 Å². The van der Waals surface area contributed by atoms with Crippen molar-refractivity contribution in [3.63, 3.8) is 0 Å². The Hall–Kier alpha value is -1.87. The summed E-state index contributed by atoms with van der Waals surface area (Å²) in [5.41, 5.74) is 6.55. The predicted molar refractivity (Wildman–Crippen MR) is 98.8 cm³/mol. The highest BCUT2D eigenvalue weighted by molar-refractivity contribution is 8.82. The van der Waals surface area contributed by atoms with E-state index >= 15 is 0 Å². The number of hydrogen-bond acceptors (Lipinski definition) is 6. The first kappa shape index (κ1) is 20.2. The third kappa shape index (κ3) is 6.32. The molecule has 0 aliphatic heterocycles. The first-order valence-electron chi connectivity index (χ1n) is 6.99. The first-order chi connectivity index (χ1) is 11.2. The maximum Gasteiger partial charge on any atom is 0.327 e. The van der Waals surface area contributed by atoms with Crippen LogP contribution in [0.2, 0.25) is 0 Å². The fourth-order valence-corrected chi connectivity index (χ4v) is 3.74. The summed E-state index contributed by atoms with van der Waals surface area (Å²) in [6, 6.07) is 6.02. The van der Waals surface area contributed by atoms with Crippen molar-refractivity contribution >= 4 is 44.3 Å². The number of nitrogens with one attached hydrogen (secondary N) is 1. The second kappa shape index (κ2) is 8.84. The molecule has 132 valence electrons. The van der Waals surface area contributed by atoms with E-state index < -0.39 is 22.7 Å². The number of nitrogens with two attached hydrogens (primary N) is 1. The molecule has 0 aromatic heterocycles. The van der Waals surface area contributed by atoms with Crippen LogP contribution in [0.15, 0.2) is 29.3 Å². The predicted octanol–water partition coefficient (Wildman–Crippen LogP) is 2.39. The summed E-state index contributed by atoms with van der Waals surface area (Å²) < 4.78 is 4.28. The van der Waals surface area contributed by atoms with Gasteiger partial charge in [0.15, 0.2) is 5.17 Å². The number of amidine groups is 1. The normalized spacial score (nSPS) is 13.2. The van der Waals surface area contributed by atoms with Crippen LogP contribution in [0.1, 0.15) is 20.8 Å². The Balaban J connectivity index is 2.74. The average Bonchev–Trinajstić information content (AvgIpc) is 2.51. The molecule has 1 atom stereocenters. The van der Waals surface area contributed by atoms with E-state index in [9.17, 15) is 14.7 Å². The number of nitrogens with zero attached hydrogens (tertiary/aromatic N) is 1. The van der Waals surface area contributed by atoms with Gasteiger partial charge in [0.2, 0.25) is 5.91 Å². The third-order valence-electron chi connectivity index (χ3n) is 2.94. The lowest BCUT2D eigenvalue weighted by Crippen LogP contribution is -2.51. The second-order valence-corrected chi connectivity index (χ2v) is 8.19. The molecule has 0 aliphatic rings. The fourth-order valence-electron chi connectivity index (χ4n) is 1.74. The van der Waals surface area contributed by atoms with Gasteiger partial charge in [0.25, 0.3) is 0 Å². The van der Waals surface area contributed by atoms with Crippen molar-refractivity contribution in [3.8, 4) is 5.75 Å². The molecule has 1 aromatic carbocycles. The molecule has 1 amide bonds. The topological polar surface area (TPSA) is 114 Å². The maximum atomic E-state index is 11.4. The number of rotatable bonds is 7. The number of carbonyl (C=O) groups is 2. The second-order valence-electron chi connectivity index (χ2n) is 5.39. The van der Waals surface area contributed by atoms with Gasteiger partial charge in [-0.05, 0) is 48.9 Å². The maximum absolute atomic E-state index is 11.4. The van der Waals surface area contributed by atoms with Crippen LogP contribution in [0.5, 0.6) is 5.75 Å². The quantitative estimate of drug-likeness (QED) is 0.383. The number of methoxy groups -OCH3 is 1. The molecule has 7 nitrogen and oxygen atoms in total. The number of hydrogen-bond donors (Lipinski definition) is 3. The van der Waals surface area contributed by atoms with E-state index in [1.807, 2.05) is 0 Å². The van der Waals surface area contributed by atoms with Crippen LogP contribution in [0.25, 0.3) is 0 Å². The van der Waals surface area contributed by atoms with Gasteiger partial charge < -0.3 is 20.9 Å². The average molecular weight is 371 g/mol. The summed E-state index contributed by atoms with van der Waals surface area (Å²) in [4.78, 5) is 26.8. The first-order valence-corrected chi connectivity index (χ1v) is 9.14. The Morgan fingerprint density at radius 1 is 1.33 bits per heavy atom. The van der Waals surface area contributed by atoms with Crippen LogP contribution in [0.4, 0.5) is 5.69 Å². The summed E-state index contributed by atoms with van der Waals surface area (Å²) in [5.74, 6) is -0.787. The van der Waals surface area contributed by atoms with Crippen molar-refractivity contribution in [2.75, 3.05) is 7.11 Å². The van der Waals surface area contributed by atoms with E-state index in [0.717, 1.165) is 16.5 Å². The lowest BCUT2D eigenvalue weighted by Gasteiger charge is -2.30. The van der Waals surface area contributed by atoms with Crippen molar-refractivity contribution in [3.05, 3.63) is 24.3 Å². The Morgan fingerprint density at radius 2 is 1.92 bits per heavy atom. The fraction of sp³-hybridized carbons (Fsp3) is 0.400. The lowest BCUT2D eigenvalue weighted by atomic mass is 10.0. The van der Waals surface area contributed by atoms with Gasteiger partial charge in [0.1, 0.15) is 11.8 Å². The minimum absolute atomic E-state index is 0.283. The molecule has 24 heavy (non-hydrogen) atoms. The van der Waals surface area contributed by atoms with Gasteiger partial charge in [-0.25, -0.2) is 9.79 Å². The molecule has 4 N–H and O–H groups in total. The summed E-state index contributed by atoms with van der Waals surface area (Å²) in [6.07, 6.45) is 0. The molecule has 0 aliphatic carbocycles. The number of aliphatic imine (C=N–C) groups is 1. The summed E-state index contributed by atoms with van der Waals surface area (Å²) in [6.45, 7) is 4.73. The highest BCUT2D eigenvalue weighted by Gasteiger charge is 2.37. The molecule has 0 bridgehead atoms. The molecule has 0 radical (unpaired) electrons. The largest absolute Gasteiger partial charge is 0.497 e. The van der Waals surface area contributed by atoms with Gasteiger partial charge in [0.05, 0.1) is 17.5 Å². The molecule has 1 aromatic rings. The van der Waals surface area contributed by atoms with Gasteiger partial charge in [-0.1, -0.05) is 10.8 Å². The number of carboxylic acids is 1. The summed E-state index contributed by atoms with van der Waals surface area (Å²) >= 11 is 0. The molecular weight excluding hydrogens is 350 g/mol. The minimum Gasteiger partial charge on any atom is -0.497 e. The van der Waals surface area contributed by atoms with Gasteiger partial charge in [0, 0.05) is 6.92 Å². The number of aliphatic carboxylic acids is 1. The van der Waals surface area contributed by atoms with Crippen molar-refractivity contribution in [1.82, 2.24) is 5.32 Å². The van der Waals surface area contributed by atoms with Gasteiger partial charge in [-0.15, -0.1) is 0 Å². The van der Waals surface area contributed by atoms with E-state index in [-0.39, 0.29) is 5.17 Å². The number of carboxylic acid groups (broad SMARTS) is 1. The molecule has 0 saturated carbocycles.